The Hall–Kier alpha value is -3.02. The molecule has 0 atom stereocenters. The van der Waals surface area contributed by atoms with Crippen molar-refractivity contribution in [2.75, 3.05) is 32.1 Å². The fourth-order valence-corrected chi connectivity index (χ4v) is 1.96. The first-order valence-corrected chi connectivity index (χ1v) is 7.56. The zero-order valence-corrected chi connectivity index (χ0v) is 13.5. The fourth-order valence-electron chi connectivity index (χ4n) is 1.96. The third-order valence-corrected chi connectivity index (χ3v) is 3.20. The summed E-state index contributed by atoms with van der Waals surface area (Å²) < 4.78 is 10.1. The van der Waals surface area contributed by atoms with Gasteiger partial charge in [0.05, 0.1) is 25.8 Å². The predicted octanol–water partition coefficient (Wildman–Crippen LogP) is 2.08. The molecule has 0 saturated carbocycles. The molecule has 6 nitrogen and oxygen atoms in total. The smallest absolute Gasteiger partial charge is 0.337 e. The molecule has 0 aliphatic carbocycles. The molecule has 126 valence electrons. The van der Waals surface area contributed by atoms with Gasteiger partial charge in [-0.25, -0.2) is 4.79 Å². The number of ether oxygens (including phenoxy) is 2. The van der Waals surface area contributed by atoms with Crippen molar-refractivity contribution in [3.8, 4) is 5.75 Å². The van der Waals surface area contributed by atoms with Gasteiger partial charge in [-0.05, 0) is 36.4 Å². The minimum Gasteiger partial charge on any atom is -0.492 e. The molecule has 2 rings (SSSR count). The van der Waals surface area contributed by atoms with Gasteiger partial charge >= 0.3 is 5.97 Å². The van der Waals surface area contributed by atoms with Crippen LogP contribution in [0.25, 0.3) is 0 Å². The van der Waals surface area contributed by atoms with E-state index in [4.69, 9.17) is 4.74 Å². The number of amides is 1. The lowest BCUT2D eigenvalue weighted by Crippen LogP contribution is -2.33. The quantitative estimate of drug-likeness (QED) is 0.573. The van der Waals surface area contributed by atoms with Crippen LogP contribution in [0.4, 0.5) is 5.69 Å². The number of benzene rings is 2. The SMILES string of the molecule is COC(=O)c1ccc(NCC(=O)NCCOc2ccccc2)cc1. The van der Waals surface area contributed by atoms with E-state index in [2.05, 4.69) is 15.4 Å². The molecule has 0 aliphatic heterocycles. The van der Waals surface area contributed by atoms with E-state index >= 15 is 0 Å². The number of para-hydroxylation sites is 1. The molecule has 2 aromatic carbocycles. The molecule has 0 bridgehead atoms. The highest BCUT2D eigenvalue weighted by atomic mass is 16.5. The lowest BCUT2D eigenvalue weighted by molar-refractivity contribution is -0.119. The van der Waals surface area contributed by atoms with Gasteiger partial charge in [0.25, 0.3) is 0 Å². The standard InChI is InChI=1S/C18H20N2O4/c1-23-18(22)14-7-9-15(10-8-14)20-13-17(21)19-11-12-24-16-5-3-2-4-6-16/h2-10,20H,11-13H2,1H3,(H,19,21). The summed E-state index contributed by atoms with van der Waals surface area (Å²) in [5, 5.41) is 5.74. The minimum atomic E-state index is -0.391. The van der Waals surface area contributed by atoms with E-state index in [1.54, 1.807) is 24.3 Å². The Morgan fingerprint density at radius 1 is 1.00 bits per heavy atom. The van der Waals surface area contributed by atoms with Crippen LogP contribution in [0.2, 0.25) is 0 Å². The average molecular weight is 328 g/mol. The summed E-state index contributed by atoms with van der Waals surface area (Å²) in [6.07, 6.45) is 0. The van der Waals surface area contributed by atoms with E-state index in [9.17, 15) is 9.59 Å². The number of hydrogen-bond donors (Lipinski definition) is 2. The molecule has 0 unspecified atom stereocenters. The van der Waals surface area contributed by atoms with Crippen LogP contribution in [0.15, 0.2) is 54.6 Å². The number of rotatable bonds is 8. The summed E-state index contributed by atoms with van der Waals surface area (Å²) >= 11 is 0. The third-order valence-electron chi connectivity index (χ3n) is 3.20. The molecule has 0 radical (unpaired) electrons. The molecular weight excluding hydrogens is 308 g/mol. The van der Waals surface area contributed by atoms with E-state index in [1.807, 2.05) is 30.3 Å². The number of nitrogens with one attached hydrogen (secondary N) is 2. The zero-order chi connectivity index (χ0) is 17.2. The van der Waals surface area contributed by atoms with Crippen LogP contribution in [-0.4, -0.2) is 38.7 Å². The number of hydrogen-bond acceptors (Lipinski definition) is 5. The Balaban J connectivity index is 1.65. The largest absolute Gasteiger partial charge is 0.492 e. The first-order valence-electron chi connectivity index (χ1n) is 7.56. The van der Waals surface area contributed by atoms with Gasteiger partial charge in [-0.1, -0.05) is 18.2 Å². The molecule has 6 heteroatoms. The van der Waals surface area contributed by atoms with Crippen molar-refractivity contribution in [3.05, 3.63) is 60.2 Å². The molecule has 0 aromatic heterocycles. The van der Waals surface area contributed by atoms with Gasteiger partial charge in [0.1, 0.15) is 12.4 Å². The van der Waals surface area contributed by atoms with E-state index < -0.39 is 5.97 Å². The summed E-state index contributed by atoms with van der Waals surface area (Å²) in [5.41, 5.74) is 1.21. The number of carbonyl (C=O) groups is 2. The second kappa shape index (κ2) is 9.19. The molecule has 2 aromatic rings. The van der Waals surface area contributed by atoms with Crippen LogP contribution in [0.1, 0.15) is 10.4 Å². The lowest BCUT2D eigenvalue weighted by Gasteiger charge is -2.09. The van der Waals surface area contributed by atoms with Gasteiger partial charge in [0.15, 0.2) is 0 Å². The molecule has 0 heterocycles. The Morgan fingerprint density at radius 3 is 2.38 bits per heavy atom. The van der Waals surface area contributed by atoms with Crippen LogP contribution >= 0.6 is 0 Å². The average Bonchev–Trinajstić information content (AvgIpc) is 2.64. The fraction of sp³-hybridized carbons (Fsp3) is 0.222. The van der Waals surface area contributed by atoms with E-state index in [1.165, 1.54) is 7.11 Å². The lowest BCUT2D eigenvalue weighted by atomic mass is 10.2. The highest BCUT2D eigenvalue weighted by molar-refractivity contribution is 5.89. The summed E-state index contributed by atoms with van der Waals surface area (Å²) in [5.74, 6) is 0.247. The summed E-state index contributed by atoms with van der Waals surface area (Å²) in [6.45, 7) is 0.975. The topological polar surface area (TPSA) is 76.7 Å². The molecule has 2 N–H and O–H groups in total. The maximum Gasteiger partial charge on any atom is 0.337 e. The van der Waals surface area contributed by atoms with Crippen molar-refractivity contribution < 1.29 is 19.1 Å². The zero-order valence-electron chi connectivity index (χ0n) is 13.5. The minimum absolute atomic E-state index is 0.135. The molecular formula is C18H20N2O4. The van der Waals surface area contributed by atoms with Crippen molar-refractivity contribution in [2.24, 2.45) is 0 Å². The summed E-state index contributed by atoms with van der Waals surface area (Å²) in [7, 11) is 1.33. The number of esters is 1. The Morgan fingerprint density at radius 2 is 1.71 bits per heavy atom. The number of methoxy groups -OCH3 is 1. The Bertz CT molecular complexity index is 656. The molecule has 24 heavy (non-hydrogen) atoms. The molecule has 0 aliphatic rings. The van der Waals surface area contributed by atoms with E-state index in [-0.39, 0.29) is 12.5 Å². The van der Waals surface area contributed by atoms with Crippen molar-refractivity contribution >= 4 is 17.6 Å². The second-order valence-corrected chi connectivity index (χ2v) is 4.93. The molecule has 0 fully saturated rings. The highest BCUT2D eigenvalue weighted by Gasteiger charge is 2.05. The van der Waals surface area contributed by atoms with E-state index in [0.29, 0.717) is 18.7 Å². The third kappa shape index (κ3) is 5.64. The van der Waals surface area contributed by atoms with E-state index in [0.717, 1.165) is 11.4 Å². The maximum absolute atomic E-state index is 11.7. The van der Waals surface area contributed by atoms with Gasteiger partial charge in [0.2, 0.25) is 5.91 Å². The highest BCUT2D eigenvalue weighted by Crippen LogP contribution is 2.10. The Labute approximate surface area is 140 Å². The Kier molecular flexibility index (Phi) is 6.64. The van der Waals surface area contributed by atoms with Crippen LogP contribution in [0, 0.1) is 0 Å². The molecule has 0 saturated heterocycles. The van der Waals surface area contributed by atoms with Crippen LogP contribution in [0.5, 0.6) is 5.75 Å². The first kappa shape index (κ1) is 17.3. The van der Waals surface area contributed by atoms with Gasteiger partial charge in [-0.15, -0.1) is 0 Å². The van der Waals surface area contributed by atoms with Crippen molar-refractivity contribution in [1.29, 1.82) is 0 Å². The van der Waals surface area contributed by atoms with Crippen molar-refractivity contribution in [3.63, 3.8) is 0 Å². The normalized spacial score (nSPS) is 9.88. The van der Waals surface area contributed by atoms with Crippen LogP contribution in [-0.2, 0) is 9.53 Å². The summed E-state index contributed by atoms with van der Waals surface area (Å²) in [4.78, 5) is 23.1. The number of anilines is 1. The van der Waals surface area contributed by atoms with Gasteiger partial charge in [-0.2, -0.15) is 0 Å². The van der Waals surface area contributed by atoms with Crippen LogP contribution in [0.3, 0.4) is 0 Å². The van der Waals surface area contributed by atoms with Gasteiger partial charge in [0, 0.05) is 5.69 Å². The second-order valence-electron chi connectivity index (χ2n) is 4.93. The first-order chi connectivity index (χ1) is 11.7. The van der Waals surface area contributed by atoms with Gasteiger partial charge in [-0.3, -0.25) is 4.79 Å². The predicted molar refractivity (Wildman–Crippen MR) is 91.2 cm³/mol. The van der Waals surface area contributed by atoms with Gasteiger partial charge < -0.3 is 20.1 Å². The maximum atomic E-state index is 11.7. The van der Waals surface area contributed by atoms with Crippen molar-refractivity contribution in [1.82, 2.24) is 5.32 Å². The van der Waals surface area contributed by atoms with Crippen LogP contribution < -0.4 is 15.4 Å². The molecule has 1 amide bonds. The number of carbonyl (C=O) groups excluding carboxylic acids is 2. The monoisotopic (exact) mass is 328 g/mol. The molecule has 0 spiro atoms. The summed E-state index contributed by atoms with van der Waals surface area (Å²) in [6, 6.07) is 16.1. The van der Waals surface area contributed by atoms with Crippen molar-refractivity contribution in [2.45, 2.75) is 0 Å².